The number of halogens is 1. The van der Waals surface area contributed by atoms with Gasteiger partial charge in [0, 0.05) is 17.9 Å². The Kier molecular flexibility index (Phi) is 5.52. The number of ether oxygens (including phenoxy) is 1. The summed E-state index contributed by atoms with van der Waals surface area (Å²) >= 11 is 0. The first-order chi connectivity index (χ1) is 13.0. The van der Waals surface area contributed by atoms with Crippen molar-refractivity contribution in [2.75, 3.05) is 7.11 Å². The minimum absolute atomic E-state index is 0.0962. The van der Waals surface area contributed by atoms with Crippen molar-refractivity contribution in [3.05, 3.63) is 66.1 Å². The smallest absolute Gasteiger partial charge is 0.243 e. The third kappa shape index (κ3) is 4.15. The van der Waals surface area contributed by atoms with Crippen LogP contribution in [0.5, 0.6) is 5.75 Å². The average molecular weight is 369 g/mol. The van der Waals surface area contributed by atoms with E-state index in [9.17, 15) is 9.18 Å². The molecule has 1 aromatic heterocycles. The van der Waals surface area contributed by atoms with Crippen molar-refractivity contribution in [1.29, 1.82) is 0 Å². The largest absolute Gasteiger partial charge is 0.497 e. The number of rotatable bonds is 6. The highest BCUT2D eigenvalue weighted by atomic mass is 19.1. The molecule has 0 fully saturated rings. The molecule has 1 amide bonds. The molecule has 0 saturated heterocycles. The van der Waals surface area contributed by atoms with E-state index in [2.05, 4.69) is 5.10 Å². The summed E-state index contributed by atoms with van der Waals surface area (Å²) in [5, 5.41) is 13.4. The van der Waals surface area contributed by atoms with Gasteiger partial charge in [-0.05, 0) is 54.6 Å². The summed E-state index contributed by atoms with van der Waals surface area (Å²) in [6.45, 7) is 1.85. The number of hydrogen-bond acceptors (Lipinski definition) is 4. The Hall–Kier alpha value is -3.19. The second kappa shape index (κ2) is 8.01. The van der Waals surface area contributed by atoms with Gasteiger partial charge < -0.3 is 4.74 Å². The van der Waals surface area contributed by atoms with Crippen LogP contribution in [0.25, 0.3) is 16.9 Å². The molecule has 0 aliphatic carbocycles. The van der Waals surface area contributed by atoms with Crippen LogP contribution in [0.2, 0.25) is 0 Å². The van der Waals surface area contributed by atoms with E-state index >= 15 is 0 Å². The van der Waals surface area contributed by atoms with Crippen LogP contribution in [0.4, 0.5) is 4.39 Å². The standard InChI is InChI=1S/C20H20FN3O3/c1-13(11-20(25)23-26)18-12-19(14-3-5-15(21)6-4-14)24(22-18)16-7-9-17(27-2)10-8-16/h3-10,12-13,26H,11H2,1-2H3,(H,23,25). The van der Waals surface area contributed by atoms with Crippen LogP contribution in [-0.4, -0.2) is 28.0 Å². The summed E-state index contributed by atoms with van der Waals surface area (Å²) in [5.74, 6) is -0.286. The highest BCUT2D eigenvalue weighted by Gasteiger charge is 2.18. The van der Waals surface area contributed by atoms with Crippen molar-refractivity contribution >= 4 is 5.91 Å². The molecule has 3 rings (SSSR count). The van der Waals surface area contributed by atoms with E-state index in [1.165, 1.54) is 12.1 Å². The highest BCUT2D eigenvalue weighted by molar-refractivity contribution is 5.75. The number of nitrogens with one attached hydrogen (secondary N) is 1. The maximum Gasteiger partial charge on any atom is 0.243 e. The molecule has 7 heteroatoms. The van der Waals surface area contributed by atoms with Crippen LogP contribution in [0.15, 0.2) is 54.6 Å². The Morgan fingerprint density at radius 2 is 1.89 bits per heavy atom. The molecule has 27 heavy (non-hydrogen) atoms. The van der Waals surface area contributed by atoms with E-state index < -0.39 is 5.91 Å². The molecule has 0 radical (unpaired) electrons. The lowest BCUT2D eigenvalue weighted by Crippen LogP contribution is -2.20. The second-order valence-corrected chi connectivity index (χ2v) is 6.21. The lowest BCUT2D eigenvalue weighted by Gasteiger charge is -2.09. The summed E-state index contributed by atoms with van der Waals surface area (Å²) in [5.41, 5.74) is 4.70. The summed E-state index contributed by atoms with van der Waals surface area (Å²) in [6.07, 6.45) is 0.0962. The minimum atomic E-state index is -0.482. The Balaban J connectivity index is 2.05. The zero-order valence-corrected chi connectivity index (χ0v) is 15.0. The number of carbonyl (C=O) groups excluding carboxylic acids is 1. The van der Waals surface area contributed by atoms with Crippen LogP contribution in [0.1, 0.15) is 25.0 Å². The van der Waals surface area contributed by atoms with Crippen molar-refractivity contribution in [3.8, 4) is 22.7 Å². The van der Waals surface area contributed by atoms with Gasteiger partial charge >= 0.3 is 0 Å². The Bertz CT molecular complexity index is 921. The van der Waals surface area contributed by atoms with Crippen LogP contribution in [0.3, 0.4) is 0 Å². The Morgan fingerprint density at radius 3 is 2.48 bits per heavy atom. The maximum absolute atomic E-state index is 13.3. The molecule has 0 aliphatic heterocycles. The van der Waals surface area contributed by atoms with E-state index in [0.717, 1.165) is 22.7 Å². The van der Waals surface area contributed by atoms with Crippen molar-refractivity contribution in [3.63, 3.8) is 0 Å². The number of amides is 1. The molecule has 1 unspecified atom stereocenters. The first-order valence-electron chi connectivity index (χ1n) is 8.45. The fourth-order valence-corrected chi connectivity index (χ4v) is 2.82. The van der Waals surface area contributed by atoms with E-state index in [1.807, 2.05) is 37.3 Å². The molecule has 0 bridgehead atoms. The molecule has 1 heterocycles. The van der Waals surface area contributed by atoms with Gasteiger partial charge in [-0.15, -0.1) is 0 Å². The maximum atomic E-state index is 13.3. The molecule has 2 aromatic carbocycles. The number of hydrogen-bond donors (Lipinski definition) is 2. The fourth-order valence-electron chi connectivity index (χ4n) is 2.82. The first-order valence-corrected chi connectivity index (χ1v) is 8.45. The van der Waals surface area contributed by atoms with Crippen LogP contribution >= 0.6 is 0 Å². The van der Waals surface area contributed by atoms with Crippen LogP contribution < -0.4 is 10.2 Å². The number of carbonyl (C=O) groups is 1. The summed E-state index contributed by atoms with van der Waals surface area (Å²) in [6, 6.07) is 15.4. The zero-order valence-electron chi connectivity index (χ0n) is 15.0. The molecular formula is C20H20FN3O3. The summed E-state index contributed by atoms with van der Waals surface area (Å²) in [7, 11) is 1.60. The van der Waals surface area contributed by atoms with Gasteiger partial charge in [-0.2, -0.15) is 5.10 Å². The quantitative estimate of drug-likeness (QED) is 0.513. The lowest BCUT2D eigenvalue weighted by atomic mass is 10.0. The van der Waals surface area contributed by atoms with Crippen LogP contribution in [-0.2, 0) is 4.79 Å². The van der Waals surface area contributed by atoms with Crippen molar-refractivity contribution in [2.45, 2.75) is 19.3 Å². The molecule has 0 aliphatic rings. The Labute approximate surface area is 156 Å². The molecule has 0 spiro atoms. The van der Waals surface area contributed by atoms with Gasteiger partial charge in [0.1, 0.15) is 11.6 Å². The van der Waals surface area contributed by atoms with E-state index in [-0.39, 0.29) is 18.2 Å². The summed E-state index contributed by atoms with van der Waals surface area (Å²) in [4.78, 5) is 11.5. The molecule has 0 saturated carbocycles. The molecule has 1 atom stereocenters. The molecule has 3 aromatic rings. The lowest BCUT2D eigenvalue weighted by molar-refractivity contribution is -0.129. The number of nitrogens with zero attached hydrogens (tertiary/aromatic N) is 2. The zero-order chi connectivity index (χ0) is 19.4. The summed E-state index contributed by atoms with van der Waals surface area (Å²) < 4.78 is 20.3. The normalized spacial score (nSPS) is 11.9. The van der Waals surface area contributed by atoms with E-state index in [0.29, 0.717) is 5.69 Å². The van der Waals surface area contributed by atoms with Crippen molar-refractivity contribution in [2.24, 2.45) is 0 Å². The molecule has 6 nitrogen and oxygen atoms in total. The van der Waals surface area contributed by atoms with Crippen molar-refractivity contribution < 1.29 is 19.1 Å². The Morgan fingerprint density at radius 1 is 1.22 bits per heavy atom. The third-order valence-electron chi connectivity index (χ3n) is 4.31. The van der Waals surface area contributed by atoms with Gasteiger partial charge in [0.25, 0.3) is 0 Å². The van der Waals surface area contributed by atoms with Gasteiger partial charge in [0.05, 0.1) is 24.2 Å². The van der Waals surface area contributed by atoms with Gasteiger partial charge in [-0.3, -0.25) is 10.0 Å². The van der Waals surface area contributed by atoms with E-state index in [4.69, 9.17) is 9.94 Å². The van der Waals surface area contributed by atoms with Gasteiger partial charge in [0.2, 0.25) is 5.91 Å². The highest BCUT2D eigenvalue weighted by Crippen LogP contribution is 2.29. The van der Waals surface area contributed by atoms with Gasteiger partial charge in [-0.1, -0.05) is 6.92 Å². The van der Waals surface area contributed by atoms with Gasteiger partial charge in [0.15, 0.2) is 0 Å². The number of hydroxylamine groups is 1. The monoisotopic (exact) mass is 369 g/mol. The SMILES string of the molecule is COc1ccc(-n2nc(C(C)CC(=O)NO)cc2-c2ccc(F)cc2)cc1. The molecular weight excluding hydrogens is 349 g/mol. The minimum Gasteiger partial charge on any atom is -0.497 e. The second-order valence-electron chi connectivity index (χ2n) is 6.21. The first kappa shape index (κ1) is 18.6. The number of methoxy groups -OCH3 is 1. The number of aromatic nitrogens is 2. The predicted molar refractivity (Wildman–Crippen MR) is 98.5 cm³/mol. The van der Waals surface area contributed by atoms with Crippen molar-refractivity contribution in [1.82, 2.24) is 15.3 Å². The molecule has 140 valence electrons. The molecule has 2 N–H and O–H groups in total. The topological polar surface area (TPSA) is 76.4 Å². The van der Waals surface area contributed by atoms with E-state index in [1.54, 1.807) is 29.4 Å². The van der Waals surface area contributed by atoms with Crippen LogP contribution in [0, 0.1) is 5.82 Å². The third-order valence-corrected chi connectivity index (χ3v) is 4.31. The number of benzene rings is 2. The fraction of sp³-hybridized carbons (Fsp3) is 0.200. The van der Waals surface area contributed by atoms with Gasteiger partial charge in [-0.25, -0.2) is 14.6 Å². The predicted octanol–water partition coefficient (Wildman–Crippen LogP) is 3.69. The average Bonchev–Trinajstić information content (AvgIpc) is 3.14.